The first-order valence-electron chi connectivity index (χ1n) is 8.92. The van der Waals surface area contributed by atoms with Crippen molar-refractivity contribution in [2.45, 2.75) is 6.04 Å². The quantitative estimate of drug-likeness (QED) is 0.790. The molecular formula is C22H23N3. The molecule has 126 valence electrons. The van der Waals surface area contributed by atoms with E-state index in [0.717, 1.165) is 26.2 Å². The van der Waals surface area contributed by atoms with Crippen molar-refractivity contribution in [2.75, 3.05) is 26.2 Å². The van der Waals surface area contributed by atoms with E-state index in [2.05, 4.69) is 75.9 Å². The van der Waals surface area contributed by atoms with E-state index in [1.165, 1.54) is 22.3 Å². The van der Waals surface area contributed by atoms with E-state index in [1.54, 1.807) is 0 Å². The molecule has 1 aliphatic heterocycles. The lowest BCUT2D eigenvalue weighted by molar-refractivity contribution is 0.198. The number of pyridine rings is 1. The minimum absolute atomic E-state index is 0.264. The minimum Gasteiger partial charge on any atom is -0.314 e. The van der Waals surface area contributed by atoms with Crippen molar-refractivity contribution in [3.05, 3.63) is 90.3 Å². The number of rotatable bonds is 4. The van der Waals surface area contributed by atoms with Gasteiger partial charge in [-0.15, -0.1) is 0 Å². The molecule has 0 aliphatic carbocycles. The van der Waals surface area contributed by atoms with Gasteiger partial charge in [-0.2, -0.15) is 0 Å². The third-order valence-corrected chi connectivity index (χ3v) is 4.85. The van der Waals surface area contributed by atoms with Gasteiger partial charge in [0.25, 0.3) is 0 Å². The summed E-state index contributed by atoms with van der Waals surface area (Å²) in [4.78, 5) is 6.90. The molecule has 1 aromatic heterocycles. The van der Waals surface area contributed by atoms with E-state index in [1.807, 2.05) is 18.5 Å². The number of aromatic nitrogens is 1. The summed E-state index contributed by atoms with van der Waals surface area (Å²) in [5, 5.41) is 3.45. The van der Waals surface area contributed by atoms with Crippen LogP contribution in [0.15, 0.2) is 79.1 Å². The molecule has 2 aromatic carbocycles. The van der Waals surface area contributed by atoms with Crippen molar-refractivity contribution in [3.63, 3.8) is 0 Å². The van der Waals surface area contributed by atoms with Crippen LogP contribution in [-0.2, 0) is 0 Å². The molecule has 3 nitrogen and oxygen atoms in total. The summed E-state index contributed by atoms with van der Waals surface area (Å²) in [5.74, 6) is 0. The monoisotopic (exact) mass is 329 g/mol. The summed E-state index contributed by atoms with van der Waals surface area (Å²) in [6, 6.07) is 24.0. The zero-order valence-corrected chi connectivity index (χ0v) is 14.3. The van der Waals surface area contributed by atoms with Gasteiger partial charge in [0.1, 0.15) is 0 Å². The first-order chi connectivity index (χ1) is 12.4. The van der Waals surface area contributed by atoms with E-state index in [-0.39, 0.29) is 6.04 Å². The summed E-state index contributed by atoms with van der Waals surface area (Å²) in [6.07, 6.45) is 3.84. The molecule has 25 heavy (non-hydrogen) atoms. The molecule has 0 spiro atoms. The Morgan fingerprint density at radius 1 is 0.760 bits per heavy atom. The van der Waals surface area contributed by atoms with E-state index < -0.39 is 0 Å². The van der Waals surface area contributed by atoms with Gasteiger partial charge in [0.05, 0.1) is 6.04 Å². The maximum atomic E-state index is 4.35. The SMILES string of the molecule is c1ccc(-c2ccc(C(c3cccnc3)N3CCNCC3)cc2)cc1. The van der Waals surface area contributed by atoms with Crippen LogP contribution in [0.2, 0.25) is 0 Å². The second kappa shape index (κ2) is 7.60. The van der Waals surface area contributed by atoms with Crippen LogP contribution in [-0.4, -0.2) is 36.1 Å². The van der Waals surface area contributed by atoms with Gasteiger partial charge in [-0.3, -0.25) is 9.88 Å². The highest BCUT2D eigenvalue weighted by atomic mass is 15.2. The van der Waals surface area contributed by atoms with Crippen molar-refractivity contribution in [1.82, 2.24) is 15.2 Å². The Balaban J connectivity index is 1.67. The molecule has 1 aliphatic rings. The normalized spacial score (nSPS) is 16.5. The number of nitrogens with one attached hydrogen (secondary N) is 1. The van der Waals surface area contributed by atoms with Crippen molar-refractivity contribution in [1.29, 1.82) is 0 Å². The molecule has 1 unspecified atom stereocenters. The van der Waals surface area contributed by atoms with Gasteiger partial charge in [0, 0.05) is 38.6 Å². The number of nitrogens with zero attached hydrogens (tertiary/aromatic N) is 2. The van der Waals surface area contributed by atoms with Gasteiger partial charge in [-0.1, -0.05) is 60.7 Å². The number of hydrogen-bond acceptors (Lipinski definition) is 3. The smallest absolute Gasteiger partial charge is 0.0617 e. The molecule has 0 amide bonds. The Morgan fingerprint density at radius 3 is 2.16 bits per heavy atom. The highest BCUT2D eigenvalue weighted by molar-refractivity contribution is 5.63. The molecule has 3 heteroatoms. The third-order valence-electron chi connectivity index (χ3n) is 4.85. The largest absolute Gasteiger partial charge is 0.314 e. The standard InChI is InChI=1S/C22H23N3/c1-2-5-18(6-3-1)19-8-10-20(11-9-19)22(21-7-4-12-24-17-21)25-15-13-23-14-16-25/h1-12,17,22-23H,13-16H2. The molecule has 0 bridgehead atoms. The Hall–Kier alpha value is -2.49. The lowest BCUT2D eigenvalue weighted by Gasteiger charge is -2.35. The Bertz CT molecular complexity index is 779. The predicted molar refractivity (Wildman–Crippen MR) is 102 cm³/mol. The van der Waals surface area contributed by atoms with Crippen LogP contribution >= 0.6 is 0 Å². The average molecular weight is 329 g/mol. The van der Waals surface area contributed by atoms with Gasteiger partial charge in [0.15, 0.2) is 0 Å². The topological polar surface area (TPSA) is 28.2 Å². The first-order valence-corrected chi connectivity index (χ1v) is 8.92. The average Bonchev–Trinajstić information content (AvgIpc) is 2.71. The van der Waals surface area contributed by atoms with Crippen LogP contribution < -0.4 is 5.32 Å². The van der Waals surface area contributed by atoms with Crippen LogP contribution in [0, 0.1) is 0 Å². The zero-order valence-electron chi connectivity index (χ0n) is 14.3. The van der Waals surface area contributed by atoms with Crippen molar-refractivity contribution < 1.29 is 0 Å². The van der Waals surface area contributed by atoms with E-state index >= 15 is 0 Å². The third kappa shape index (κ3) is 3.63. The Labute approximate surface area is 149 Å². The van der Waals surface area contributed by atoms with Gasteiger partial charge in [0.2, 0.25) is 0 Å². The molecule has 1 atom stereocenters. The van der Waals surface area contributed by atoms with Crippen molar-refractivity contribution in [3.8, 4) is 11.1 Å². The maximum Gasteiger partial charge on any atom is 0.0617 e. The number of piperazine rings is 1. The van der Waals surface area contributed by atoms with Gasteiger partial charge in [-0.25, -0.2) is 0 Å². The van der Waals surface area contributed by atoms with Crippen LogP contribution in [0.25, 0.3) is 11.1 Å². The van der Waals surface area contributed by atoms with Gasteiger partial charge in [-0.05, 0) is 28.3 Å². The summed E-state index contributed by atoms with van der Waals surface area (Å²) < 4.78 is 0. The predicted octanol–water partition coefficient (Wildman–Crippen LogP) is 3.74. The maximum absolute atomic E-state index is 4.35. The fraction of sp³-hybridized carbons (Fsp3) is 0.227. The summed E-state index contributed by atoms with van der Waals surface area (Å²) in [6.45, 7) is 4.19. The fourth-order valence-corrected chi connectivity index (χ4v) is 3.58. The molecular weight excluding hydrogens is 306 g/mol. The number of benzene rings is 2. The molecule has 0 saturated carbocycles. The molecule has 1 N–H and O–H groups in total. The van der Waals surface area contributed by atoms with Crippen LogP contribution in [0.4, 0.5) is 0 Å². The highest BCUT2D eigenvalue weighted by Crippen LogP contribution is 2.30. The van der Waals surface area contributed by atoms with Gasteiger partial charge >= 0.3 is 0 Å². The molecule has 1 fully saturated rings. The molecule has 3 aromatic rings. The van der Waals surface area contributed by atoms with E-state index in [9.17, 15) is 0 Å². The fourth-order valence-electron chi connectivity index (χ4n) is 3.58. The lowest BCUT2D eigenvalue weighted by atomic mass is 9.95. The summed E-state index contributed by atoms with van der Waals surface area (Å²) in [7, 11) is 0. The van der Waals surface area contributed by atoms with Crippen LogP contribution in [0.1, 0.15) is 17.2 Å². The Kier molecular flexibility index (Phi) is 4.86. The lowest BCUT2D eigenvalue weighted by Crippen LogP contribution is -2.45. The number of hydrogen-bond donors (Lipinski definition) is 1. The van der Waals surface area contributed by atoms with E-state index in [0.29, 0.717) is 0 Å². The Morgan fingerprint density at radius 2 is 1.48 bits per heavy atom. The molecule has 2 heterocycles. The second-order valence-corrected chi connectivity index (χ2v) is 6.46. The van der Waals surface area contributed by atoms with Crippen LogP contribution in [0.3, 0.4) is 0 Å². The van der Waals surface area contributed by atoms with Gasteiger partial charge < -0.3 is 5.32 Å². The second-order valence-electron chi connectivity index (χ2n) is 6.46. The first kappa shape index (κ1) is 16.0. The minimum atomic E-state index is 0.264. The van der Waals surface area contributed by atoms with Crippen molar-refractivity contribution >= 4 is 0 Å². The highest BCUT2D eigenvalue weighted by Gasteiger charge is 2.23. The molecule has 1 saturated heterocycles. The molecule has 4 rings (SSSR count). The summed E-state index contributed by atoms with van der Waals surface area (Å²) in [5.41, 5.74) is 5.11. The van der Waals surface area contributed by atoms with E-state index in [4.69, 9.17) is 0 Å². The zero-order chi connectivity index (χ0) is 16.9. The molecule has 0 radical (unpaired) electrons. The van der Waals surface area contributed by atoms with Crippen LogP contribution in [0.5, 0.6) is 0 Å². The summed E-state index contributed by atoms with van der Waals surface area (Å²) >= 11 is 0. The van der Waals surface area contributed by atoms with Crippen molar-refractivity contribution in [2.24, 2.45) is 0 Å².